The average Bonchev–Trinajstić information content (AvgIpc) is 2.17. The lowest BCUT2D eigenvalue weighted by Gasteiger charge is -2.01. The van der Waals surface area contributed by atoms with Crippen molar-refractivity contribution >= 4 is 23.4 Å². The summed E-state index contributed by atoms with van der Waals surface area (Å²) in [5.74, 6) is 0. The first-order valence-corrected chi connectivity index (χ1v) is 5.11. The molecule has 1 rings (SSSR count). The van der Waals surface area contributed by atoms with Gasteiger partial charge in [-0.15, -0.1) is 23.4 Å². The van der Waals surface area contributed by atoms with Crippen LogP contribution in [0.5, 0.6) is 0 Å². The Balaban J connectivity index is 2.86. The fourth-order valence-corrected chi connectivity index (χ4v) is 1.40. The molecular formula is C9H8ClNS. The summed E-state index contributed by atoms with van der Waals surface area (Å²) >= 11 is 7.39. The molecule has 0 fully saturated rings. The van der Waals surface area contributed by atoms with Crippen LogP contribution in [0.4, 0.5) is 0 Å². The molecule has 0 aliphatic rings. The number of hydrogen-bond donors (Lipinski definition) is 0. The molecule has 0 saturated heterocycles. The third kappa shape index (κ3) is 2.17. The molecule has 0 bridgehead atoms. The lowest BCUT2D eigenvalue weighted by molar-refractivity contribution is 1.20. The zero-order valence-electron chi connectivity index (χ0n) is 6.62. The molecule has 62 valence electrons. The summed E-state index contributed by atoms with van der Waals surface area (Å²) in [7, 11) is 0. The summed E-state index contributed by atoms with van der Waals surface area (Å²) in [6.07, 6.45) is 2.01. The molecule has 3 heteroatoms. The van der Waals surface area contributed by atoms with E-state index in [1.807, 2.05) is 36.6 Å². The Bertz CT molecular complexity index is 288. The van der Waals surface area contributed by atoms with E-state index in [1.165, 1.54) is 4.90 Å². The molecule has 1 atom stereocenters. The molecule has 1 aromatic rings. The van der Waals surface area contributed by atoms with Crippen molar-refractivity contribution in [3.63, 3.8) is 0 Å². The lowest BCUT2D eigenvalue weighted by Crippen LogP contribution is -1.84. The number of rotatable bonds is 2. The molecule has 12 heavy (non-hydrogen) atoms. The SMILES string of the molecule is CSc1ccc(C(Cl)C#N)cc1. The summed E-state index contributed by atoms with van der Waals surface area (Å²) in [4.78, 5) is 1.18. The van der Waals surface area contributed by atoms with Gasteiger partial charge in [0.15, 0.2) is 0 Å². The molecule has 0 aliphatic carbocycles. The van der Waals surface area contributed by atoms with Gasteiger partial charge in [0, 0.05) is 4.90 Å². The number of thioether (sulfide) groups is 1. The Morgan fingerprint density at radius 2 is 2.00 bits per heavy atom. The van der Waals surface area contributed by atoms with Crippen LogP contribution >= 0.6 is 23.4 Å². The Labute approximate surface area is 81.3 Å². The minimum atomic E-state index is -0.527. The number of hydrogen-bond acceptors (Lipinski definition) is 2. The average molecular weight is 198 g/mol. The third-order valence-electron chi connectivity index (χ3n) is 1.52. The summed E-state index contributed by atoms with van der Waals surface area (Å²) in [5.41, 5.74) is 0.858. The second-order valence-electron chi connectivity index (χ2n) is 2.26. The molecule has 1 unspecified atom stereocenters. The van der Waals surface area contributed by atoms with Gasteiger partial charge in [0.05, 0.1) is 6.07 Å². The molecule has 0 radical (unpaired) electrons. The van der Waals surface area contributed by atoms with Crippen LogP contribution in [0.3, 0.4) is 0 Å². The van der Waals surface area contributed by atoms with Gasteiger partial charge >= 0.3 is 0 Å². The number of nitrogens with zero attached hydrogens (tertiary/aromatic N) is 1. The molecular weight excluding hydrogens is 190 g/mol. The fraction of sp³-hybridized carbons (Fsp3) is 0.222. The van der Waals surface area contributed by atoms with E-state index in [2.05, 4.69) is 0 Å². The Kier molecular flexibility index (Phi) is 3.46. The van der Waals surface area contributed by atoms with Gasteiger partial charge in [0.2, 0.25) is 0 Å². The number of benzene rings is 1. The van der Waals surface area contributed by atoms with Crippen molar-refractivity contribution < 1.29 is 0 Å². The van der Waals surface area contributed by atoms with E-state index < -0.39 is 5.38 Å². The summed E-state index contributed by atoms with van der Waals surface area (Å²) in [5, 5.41) is 8.00. The summed E-state index contributed by atoms with van der Waals surface area (Å²) < 4.78 is 0. The van der Waals surface area contributed by atoms with Crippen molar-refractivity contribution in [3.8, 4) is 6.07 Å². The van der Waals surface area contributed by atoms with Crippen molar-refractivity contribution in [3.05, 3.63) is 29.8 Å². The van der Waals surface area contributed by atoms with Crippen LogP contribution in [-0.2, 0) is 0 Å². The maximum atomic E-state index is 8.53. The molecule has 0 N–H and O–H groups in total. The smallest absolute Gasteiger partial charge is 0.145 e. The molecule has 0 saturated carbocycles. The van der Waals surface area contributed by atoms with Gasteiger partial charge in [0.1, 0.15) is 5.38 Å². The molecule has 1 nitrogen and oxygen atoms in total. The largest absolute Gasteiger partial charge is 0.196 e. The van der Waals surface area contributed by atoms with Gasteiger partial charge in [-0.25, -0.2) is 0 Å². The monoisotopic (exact) mass is 197 g/mol. The predicted octanol–water partition coefficient (Wildman–Crippen LogP) is 3.21. The van der Waals surface area contributed by atoms with E-state index in [4.69, 9.17) is 16.9 Å². The van der Waals surface area contributed by atoms with Crippen LogP contribution in [-0.4, -0.2) is 6.26 Å². The highest BCUT2D eigenvalue weighted by atomic mass is 35.5. The quantitative estimate of drug-likeness (QED) is 0.537. The first-order valence-electron chi connectivity index (χ1n) is 3.45. The highest BCUT2D eigenvalue weighted by Gasteiger charge is 2.04. The third-order valence-corrected chi connectivity index (χ3v) is 2.61. The van der Waals surface area contributed by atoms with Crippen LogP contribution in [0.2, 0.25) is 0 Å². The Morgan fingerprint density at radius 1 is 1.42 bits per heavy atom. The number of nitriles is 1. The number of alkyl halides is 1. The van der Waals surface area contributed by atoms with Crippen molar-refractivity contribution in [2.45, 2.75) is 10.3 Å². The van der Waals surface area contributed by atoms with Crippen LogP contribution in [0.1, 0.15) is 10.9 Å². The maximum Gasteiger partial charge on any atom is 0.145 e. The van der Waals surface area contributed by atoms with Crippen LogP contribution < -0.4 is 0 Å². The van der Waals surface area contributed by atoms with Crippen molar-refractivity contribution in [1.82, 2.24) is 0 Å². The first-order chi connectivity index (χ1) is 5.77. The van der Waals surface area contributed by atoms with Crippen LogP contribution in [0, 0.1) is 11.3 Å². The molecule has 1 aromatic carbocycles. The zero-order chi connectivity index (χ0) is 8.97. The lowest BCUT2D eigenvalue weighted by atomic mass is 10.2. The normalized spacial score (nSPS) is 12.1. The van der Waals surface area contributed by atoms with E-state index in [-0.39, 0.29) is 0 Å². The predicted molar refractivity (Wildman–Crippen MR) is 52.4 cm³/mol. The van der Waals surface area contributed by atoms with Crippen LogP contribution in [0.15, 0.2) is 29.2 Å². The van der Waals surface area contributed by atoms with Gasteiger partial charge in [-0.3, -0.25) is 0 Å². The van der Waals surface area contributed by atoms with Gasteiger partial charge in [0.25, 0.3) is 0 Å². The Morgan fingerprint density at radius 3 is 2.42 bits per heavy atom. The standard InChI is InChI=1S/C9H8ClNS/c1-12-8-4-2-7(3-5-8)9(10)6-11/h2-5,9H,1H3. The van der Waals surface area contributed by atoms with E-state index >= 15 is 0 Å². The van der Waals surface area contributed by atoms with Gasteiger partial charge in [-0.1, -0.05) is 12.1 Å². The second-order valence-corrected chi connectivity index (χ2v) is 3.58. The molecule has 0 amide bonds. The van der Waals surface area contributed by atoms with Gasteiger partial charge in [-0.2, -0.15) is 5.26 Å². The van der Waals surface area contributed by atoms with E-state index in [1.54, 1.807) is 11.8 Å². The molecule has 0 aliphatic heterocycles. The maximum absolute atomic E-state index is 8.53. The fourth-order valence-electron chi connectivity index (χ4n) is 0.847. The van der Waals surface area contributed by atoms with Crippen LogP contribution in [0.25, 0.3) is 0 Å². The minimum absolute atomic E-state index is 0.527. The Hall–Kier alpha value is -0.650. The van der Waals surface area contributed by atoms with Crippen molar-refractivity contribution in [1.29, 1.82) is 5.26 Å². The van der Waals surface area contributed by atoms with Crippen molar-refractivity contribution in [2.75, 3.05) is 6.26 Å². The van der Waals surface area contributed by atoms with Gasteiger partial charge < -0.3 is 0 Å². The molecule has 0 spiro atoms. The molecule has 0 heterocycles. The van der Waals surface area contributed by atoms with Gasteiger partial charge in [-0.05, 0) is 24.0 Å². The van der Waals surface area contributed by atoms with Crippen molar-refractivity contribution in [2.24, 2.45) is 0 Å². The minimum Gasteiger partial charge on any atom is -0.196 e. The zero-order valence-corrected chi connectivity index (χ0v) is 8.19. The van der Waals surface area contributed by atoms with E-state index in [0.717, 1.165) is 5.56 Å². The topological polar surface area (TPSA) is 23.8 Å². The van der Waals surface area contributed by atoms with E-state index in [9.17, 15) is 0 Å². The summed E-state index contributed by atoms with van der Waals surface area (Å²) in [6, 6.07) is 9.67. The molecule has 0 aromatic heterocycles. The first kappa shape index (κ1) is 9.44. The highest BCUT2D eigenvalue weighted by Crippen LogP contribution is 2.22. The highest BCUT2D eigenvalue weighted by molar-refractivity contribution is 7.98. The summed E-state index contributed by atoms with van der Waals surface area (Å²) in [6.45, 7) is 0. The second kappa shape index (κ2) is 4.39. The van der Waals surface area contributed by atoms with E-state index in [0.29, 0.717) is 0 Å². The number of halogens is 1.